The SMILES string of the molecule is CNCC#Cc1cc(Cl)ccc1OC. The number of hydrogen-bond donors (Lipinski definition) is 1. The van der Waals surface area contributed by atoms with Crippen molar-refractivity contribution in [2.24, 2.45) is 0 Å². The molecule has 1 aromatic carbocycles. The topological polar surface area (TPSA) is 21.3 Å². The van der Waals surface area contributed by atoms with Crippen molar-refractivity contribution in [3.05, 3.63) is 28.8 Å². The third-order valence-corrected chi connectivity index (χ3v) is 1.88. The van der Waals surface area contributed by atoms with Gasteiger partial charge >= 0.3 is 0 Å². The van der Waals surface area contributed by atoms with Crippen LogP contribution in [0.2, 0.25) is 5.02 Å². The van der Waals surface area contributed by atoms with E-state index >= 15 is 0 Å². The van der Waals surface area contributed by atoms with Gasteiger partial charge in [0, 0.05) is 5.02 Å². The highest BCUT2D eigenvalue weighted by Crippen LogP contribution is 2.21. The molecule has 2 nitrogen and oxygen atoms in total. The van der Waals surface area contributed by atoms with Gasteiger partial charge in [-0.05, 0) is 25.2 Å². The second-order valence-corrected chi connectivity index (χ2v) is 3.11. The first-order valence-corrected chi connectivity index (χ1v) is 4.62. The van der Waals surface area contributed by atoms with E-state index in [1.807, 2.05) is 13.1 Å². The maximum atomic E-state index is 5.85. The van der Waals surface area contributed by atoms with Crippen molar-refractivity contribution in [3.8, 4) is 17.6 Å². The molecule has 14 heavy (non-hydrogen) atoms. The Kier molecular flexibility index (Phi) is 4.31. The summed E-state index contributed by atoms with van der Waals surface area (Å²) in [5, 5.41) is 3.61. The molecule has 3 heteroatoms. The second-order valence-electron chi connectivity index (χ2n) is 2.68. The lowest BCUT2D eigenvalue weighted by atomic mass is 10.2. The third-order valence-electron chi connectivity index (χ3n) is 1.65. The van der Waals surface area contributed by atoms with Gasteiger partial charge in [0.05, 0.1) is 19.2 Å². The molecule has 0 amide bonds. The zero-order valence-corrected chi connectivity index (χ0v) is 8.98. The van der Waals surface area contributed by atoms with Crippen LogP contribution >= 0.6 is 11.6 Å². The van der Waals surface area contributed by atoms with Crippen LogP contribution in [0.5, 0.6) is 5.75 Å². The molecular formula is C11H12ClNO. The smallest absolute Gasteiger partial charge is 0.134 e. The standard InChI is InChI=1S/C11H12ClNO/c1-13-7-3-4-9-8-10(12)5-6-11(9)14-2/h5-6,8,13H,7H2,1-2H3. The van der Waals surface area contributed by atoms with Crippen LogP contribution in [-0.2, 0) is 0 Å². The summed E-state index contributed by atoms with van der Waals surface area (Å²) in [5.74, 6) is 6.69. The number of rotatable bonds is 2. The van der Waals surface area contributed by atoms with E-state index in [0.717, 1.165) is 11.3 Å². The number of ether oxygens (including phenoxy) is 1. The van der Waals surface area contributed by atoms with E-state index in [1.54, 1.807) is 19.2 Å². The van der Waals surface area contributed by atoms with E-state index in [-0.39, 0.29) is 0 Å². The molecule has 0 fully saturated rings. The molecule has 0 aromatic heterocycles. The first-order valence-electron chi connectivity index (χ1n) is 4.25. The zero-order chi connectivity index (χ0) is 10.4. The maximum Gasteiger partial charge on any atom is 0.134 e. The summed E-state index contributed by atoms with van der Waals surface area (Å²) in [4.78, 5) is 0. The van der Waals surface area contributed by atoms with Crippen molar-refractivity contribution in [2.75, 3.05) is 20.7 Å². The van der Waals surface area contributed by atoms with Crippen molar-refractivity contribution in [1.82, 2.24) is 5.32 Å². The predicted molar refractivity (Wildman–Crippen MR) is 58.8 cm³/mol. The molecule has 74 valence electrons. The van der Waals surface area contributed by atoms with Crippen LogP contribution in [0.3, 0.4) is 0 Å². The van der Waals surface area contributed by atoms with Gasteiger partial charge in [-0.2, -0.15) is 0 Å². The molecule has 0 unspecified atom stereocenters. The minimum atomic E-state index is 0.648. The molecule has 1 rings (SSSR count). The average molecular weight is 210 g/mol. The molecule has 0 radical (unpaired) electrons. The van der Waals surface area contributed by atoms with E-state index < -0.39 is 0 Å². The fourth-order valence-electron chi connectivity index (χ4n) is 1.01. The van der Waals surface area contributed by atoms with Crippen molar-refractivity contribution in [1.29, 1.82) is 0 Å². The number of nitrogens with one attached hydrogen (secondary N) is 1. The Bertz CT molecular complexity index is 365. The Hall–Kier alpha value is -1.17. The summed E-state index contributed by atoms with van der Waals surface area (Å²) in [6.45, 7) is 0.648. The van der Waals surface area contributed by atoms with Crippen LogP contribution in [0.4, 0.5) is 0 Å². The van der Waals surface area contributed by atoms with Gasteiger partial charge in [0.25, 0.3) is 0 Å². The van der Waals surface area contributed by atoms with Crippen molar-refractivity contribution < 1.29 is 4.74 Å². The first-order chi connectivity index (χ1) is 6.77. The molecule has 0 spiro atoms. The van der Waals surface area contributed by atoms with Crippen LogP contribution in [0, 0.1) is 11.8 Å². The zero-order valence-electron chi connectivity index (χ0n) is 8.23. The largest absolute Gasteiger partial charge is 0.495 e. The monoisotopic (exact) mass is 209 g/mol. The molecule has 0 heterocycles. The number of hydrogen-bond acceptors (Lipinski definition) is 2. The van der Waals surface area contributed by atoms with E-state index in [1.165, 1.54) is 0 Å². The highest BCUT2D eigenvalue weighted by atomic mass is 35.5. The van der Waals surface area contributed by atoms with Gasteiger partial charge in [0.2, 0.25) is 0 Å². The van der Waals surface area contributed by atoms with E-state index in [4.69, 9.17) is 16.3 Å². The fourth-order valence-corrected chi connectivity index (χ4v) is 1.18. The summed E-state index contributed by atoms with van der Waals surface area (Å²) < 4.78 is 5.15. The molecule has 1 N–H and O–H groups in total. The maximum absolute atomic E-state index is 5.85. The van der Waals surface area contributed by atoms with Crippen molar-refractivity contribution >= 4 is 11.6 Å². The minimum Gasteiger partial charge on any atom is -0.495 e. The molecule has 1 aromatic rings. The Morgan fingerprint density at radius 3 is 2.93 bits per heavy atom. The minimum absolute atomic E-state index is 0.648. The lowest BCUT2D eigenvalue weighted by Crippen LogP contribution is -2.04. The normalized spacial score (nSPS) is 9.07. The molecule has 0 aliphatic rings. The lowest BCUT2D eigenvalue weighted by Gasteiger charge is -2.02. The molecule has 0 saturated heterocycles. The van der Waals surface area contributed by atoms with Gasteiger partial charge in [-0.1, -0.05) is 23.4 Å². The van der Waals surface area contributed by atoms with E-state index in [0.29, 0.717) is 11.6 Å². The third kappa shape index (κ3) is 2.95. The predicted octanol–water partition coefficient (Wildman–Crippen LogP) is 1.92. The van der Waals surface area contributed by atoms with Gasteiger partial charge in [-0.15, -0.1) is 0 Å². The highest BCUT2D eigenvalue weighted by Gasteiger charge is 1.99. The molecule has 0 atom stereocenters. The Balaban J connectivity index is 2.94. The number of benzene rings is 1. The molecular weight excluding hydrogens is 198 g/mol. The van der Waals surface area contributed by atoms with Crippen molar-refractivity contribution in [3.63, 3.8) is 0 Å². The molecule has 0 aliphatic heterocycles. The summed E-state index contributed by atoms with van der Waals surface area (Å²) in [5.41, 5.74) is 0.815. The molecule has 0 bridgehead atoms. The van der Waals surface area contributed by atoms with Gasteiger partial charge in [-0.25, -0.2) is 0 Å². The van der Waals surface area contributed by atoms with Gasteiger partial charge in [0.1, 0.15) is 5.75 Å². The van der Waals surface area contributed by atoms with Crippen LogP contribution in [0.25, 0.3) is 0 Å². The summed E-state index contributed by atoms with van der Waals surface area (Å²) in [6.07, 6.45) is 0. The fraction of sp³-hybridized carbons (Fsp3) is 0.273. The molecule has 0 saturated carbocycles. The van der Waals surface area contributed by atoms with Gasteiger partial charge in [-0.3, -0.25) is 0 Å². The lowest BCUT2D eigenvalue weighted by molar-refractivity contribution is 0.413. The Morgan fingerprint density at radius 2 is 2.29 bits per heavy atom. The van der Waals surface area contributed by atoms with Gasteiger partial charge < -0.3 is 10.1 Å². The van der Waals surface area contributed by atoms with Crippen LogP contribution in [0.1, 0.15) is 5.56 Å². The first kappa shape index (κ1) is 10.9. The molecule has 0 aliphatic carbocycles. The summed E-state index contributed by atoms with van der Waals surface area (Å²) >= 11 is 5.85. The van der Waals surface area contributed by atoms with Gasteiger partial charge in [0.15, 0.2) is 0 Å². The Morgan fingerprint density at radius 1 is 1.50 bits per heavy atom. The Labute approximate surface area is 89.2 Å². The van der Waals surface area contributed by atoms with E-state index in [2.05, 4.69) is 17.2 Å². The van der Waals surface area contributed by atoms with E-state index in [9.17, 15) is 0 Å². The number of methoxy groups -OCH3 is 1. The second kappa shape index (κ2) is 5.54. The van der Waals surface area contributed by atoms with Crippen LogP contribution in [-0.4, -0.2) is 20.7 Å². The number of halogens is 1. The average Bonchev–Trinajstić information content (AvgIpc) is 2.19. The van der Waals surface area contributed by atoms with Crippen LogP contribution in [0.15, 0.2) is 18.2 Å². The quantitative estimate of drug-likeness (QED) is 0.752. The summed E-state index contributed by atoms with van der Waals surface area (Å²) in [6, 6.07) is 5.39. The summed E-state index contributed by atoms with van der Waals surface area (Å²) in [7, 11) is 3.47. The van der Waals surface area contributed by atoms with Crippen molar-refractivity contribution in [2.45, 2.75) is 0 Å². The highest BCUT2D eigenvalue weighted by molar-refractivity contribution is 6.30. The van der Waals surface area contributed by atoms with Crippen LogP contribution < -0.4 is 10.1 Å².